The third-order valence-corrected chi connectivity index (χ3v) is 8.55. The molecule has 0 spiro atoms. The molecule has 0 fully saturated rings. The number of nitrogens with one attached hydrogen (secondary N) is 2. The standard InChI is InChI=1S/C35H27ClN4O4/c1-19-3-2-4-26-30(42)16-29-32(31(19)26)23(17-36)18-40(29)35(44)22-9-14-27-28(15-22)39-33(38-27)20-5-10-24(11-6-20)37-34(43)21-7-12-25(41)13-8-21/h2-16,23,41-42H,17-18H2,1H3,(H,37,43)(H,38,39)/t23-/m1/s1. The maximum atomic E-state index is 13.9. The highest BCUT2D eigenvalue weighted by Crippen LogP contribution is 2.46. The van der Waals surface area contributed by atoms with Gasteiger partial charge in [-0.15, -0.1) is 11.6 Å². The lowest BCUT2D eigenvalue weighted by atomic mass is 9.92. The van der Waals surface area contributed by atoms with Gasteiger partial charge in [-0.1, -0.05) is 18.2 Å². The molecule has 1 aliphatic heterocycles. The number of aromatic hydroxyl groups is 2. The first kappa shape index (κ1) is 27.5. The van der Waals surface area contributed by atoms with Crippen LogP contribution in [0.1, 0.15) is 37.8 Å². The normalized spacial score (nSPS) is 14.2. The fourth-order valence-electron chi connectivity index (χ4n) is 5.98. The van der Waals surface area contributed by atoms with Gasteiger partial charge >= 0.3 is 0 Å². The second-order valence-corrected chi connectivity index (χ2v) is 11.3. The van der Waals surface area contributed by atoms with E-state index in [-0.39, 0.29) is 29.2 Å². The summed E-state index contributed by atoms with van der Waals surface area (Å²) in [6.45, 7) is 2.42. The number of nitrogens with zero attached hydrogens (tertiary/aromatic N) is 2. The number of imidazole rings is 1. The molecule has 0 saturated carbocycles. The number of phenols is 2. The zero-order valence-electron chi connectivity index (χ0n) is 23.6. The number of H-pyrrole nitrogens is 1. The molecule has 2 amide bonds. The zero-order chi connectivity index (χ0) is 30.5. The van der Waals surface area contributed by atoms with E-state index in [1.165, 1.54) is 12.1 Å². The van der Waals surface area contributed by atoms with Gasteiger partial charge in [0.1, 0.15) is 17.3 Å². The predicted octanol–water partition coefficient (Wildman–Crippen LogP) is 7.34. The molecular weight excluding hydrogens is 576 g/mol. The van der Waals surface area contributed by atoms with Gasteiger partial charge in [0.2, 0.25) is 0 Å². The van der Waals surface area contributed by atoms with E-state index in [9.17, 15) is 19.8 Å². The second-order valence-electron chi connectivity index (χ2n) is 11.0. The number of halogens is 1. The van der Waals surface area contributed by atoms with E-state index >= 15 is 0 Å². The van der Waals surface area contributed by atoms with E-state index in [0.29, 0.717) is 46.3 Å². The number of alkyl halides is 1. The maximum Gasteiger partial charge on any atom is 0.258 e. The molecule has 0 saturated heterocycles. The second kappa shape index (κ2) is 10.7. The molecule has 9 heteroatoms. The third kappa shape index (κ3) is 4.69. The highest BCUT2D eigenvalue weighted by atomic mass is 35.5. The summed E-state index contributed by atoms with van der Waals surface area (Å²) >= 11 is 6.41. The molecule has 1 atom stereocenters. The number of anilines is 2. The first-order valence-corrected chi connectivity index (χ1v) is 14.7. The highest BCUT2D eigenvalue weighted by molar-refractivity contribution is 6.19. The molecule has 6 aromatic rings. The summed E-state index contributed by atoms with van der Waals surface area (Å²) in [7, 11) is 0. The first-order valence-electron chi connectivity index (χ1n) is 14.1. The van der Waals surface area contributed by atoms with Crippen molar-refractivity contribution in [3.63, 3.8) is 0 Å². The van der Waals surface area contributed by atoms with Crippen molar-refractivity contribution >= 4 is 56.6 Å². The van der Waals surface area contributed by atoms with Crippen molar-refractivity contribution in [2.45, 2.75) is 12.8 Å². The molecule has 1 aliphatic rings. The van der Waals surface area contributed by atoms with Crippen molar-refractivity contribution in [1.29, 1.82) is 0 Å². The van der Waals surface area contributed by atoms with E-state index < -0.39 is 0 Å². The molecule has 0 unspecified atom stereocenters. The van der Waals surface area contributed by atoms with Gasteiger partial charge in [0.25, 0.3) is 11.8 Å². The van der Waals surface area contributed by atoms with Gasteiger partial charge in [0.15, 0.2) is 0 Å². The number of aromatic nitrogens is 2. The quantitative estimate of drug-likeness (QED) is 0.154. The van der Waals surface area contributed by atoms with Crippen molar-refractivity contribution < 1.29 is 19.8 Å². The number of carbonyl (C=O) groups excluding carboxylic acids is 2. The molecule has 0 radical (unpaired) electrons. The summed E-state index contributed by atoms with van der Waals surface area (Å²) in [6, 6.07) is 26.2. The van der Waals surface area contributed by atoms with Crippen LogP contribution in [0.4, 0.5) is 11.4 Å². The van der Waals surface area contributed by atoms with Crippen LogP contribution in [0.15, 0.2) is 91.0 Å². The SMILES string of the molecule is Cc1cccc2c(O)cc3c(c12)[C@H](CCl)CN3C(=O)c1ccc2[nH]c(-c3ccc(NC(=O)c4ccc(O)cc4)cc3)nc2c1. The number of aryl methyl sites for hydroxylation is 1. The number of aromatic amines is 1. The van der Waals surface area contributed by atoms with E-state index in [2.05, 4.69) is 10.3 Å². The fourth-order valence-corrected chi connectivity index (χ4v) is 6.23. The molecule has 0 bridgehead atoms. The number of hydrogen-bond donors (Lipinski definition) is 4. The number of hydrogen-bond acceptors (Lipinski definition) is 5. The Hall–Kier alpha value is -5.34. The molecule has 4 N–H and O–H groups in total. The summed E-state index contributed by atoms with van der Waals surface area (Å²) in [5, 5.41) is 24.8. The van der Waals surface area contributed by atoms with Crippen LogP contribution in [0.5, 0.6) is 11.5 Å². The molecule has 44 heavy (non-hydrogen) atoms. The van der Waals surface area contributed by atoms with Crippen LogP contribution < -0.4 is 10.2 Å². The Balaban J connectivity index is 1.15. The third-order valence-electron chi connectivity index (χ3n) is 8.18. The molecule has 218 valence electrons. The molecule has 1 aromatic heterocycles. The Morgan fingerprint density at radius 2 is 1.73 bits per heavy atom. The molecule has 0 aliphatic carbocycles. The van der Waals surface area contributed by atoms with Crippen molar-refractivity contribution in [3.05, 3.63) is 113 Å². The molecule has 8 nitrogen and oxygen atoms in total. The monoisotopic (exact) mass is 602 g/mol. The Labute approximate surface area is 257 Å². The Morgan fingerprint density at radius 1 is 0.977 bits per heavy atom. The average Bonchev–Trinajstić information content (AvgIpc) is 3.63. The van der Waals surface area contributed by atoms with Crippen molar-refractivity contribution in [2.24, 2.45) is 0 Å². The number of rotatable bonds is 5. The number of carbonyl (C=O) groups is 2. The van der Waals surface area contributed by atoms with Gasteiger partial charge in [0, 0.05) is 52.2 Å². The number of fused-ring (bicyclic) bond motifs is 4. The van der Waals surface area contributed by atoms with Gasteiger partial charge in [-0.3, -0.25) is 9.59 Å². The Kier molecular flexibility index (Phi) is 6.71. The average molecular weight is 603 g/mol. The van der Waals surface area contributed by atoms with Gasteiger partial charge in [-0.25, -0.2) is 4.98 Å². The van der Waals surface area contributed by atoms with Crippen LogP contribution in [-0.4, -0.2) is 44.4 Å². The van der Waals surface area contributed by atoms with Gasteiger partial charge in [-0.2, -0.15) is 0 Å². The summed E-state index contributed by atoms with van der Waals surface area (Å²) < 4.78 is 0. The summed E-state index contributed by atoms with van der Waals surface area (Å²) in [4.78, 5) is 36.1. The van der Waals surface area contributed by atoms with Crippen LogP contribution in [-0.2, 0) is 0 Å². The summed E-state index contributed by atoms with van der Waals surface area (Å²) in [5.74, 6) is 0.677. The lowest BCUT2D eigenvalue weighted by molar-refractivity contribution is 0.0986. The lowest BCUT2D eigenvalue weighted by Crippen LogP contribution is -2.30. The van der Waals surface area contributed by atoms with E-state index in [1.807, 2.05) is 43.3 Å². The van der Waals surface area contributed by atoms with Crippen LogP contribution in [0, 0.1) is 6.92 Å². The molecule has 2 heterocycles. The van der Waals surface area contributed by atoms with Crippen molar-refractivity contribution in [1.82, 2.24) is 9.97 Å². The largest absolute Gasteiger partial charge is 0.508 e. The maximum absolute atomic E-state index is 13.9. The van der Waals surface area contributed by atoms with Crippen molar-refractivity contribution in [2.75, 3.05) is 22.6 Å². The van der Waals surface area contributed by atoms with E-state index in [1.54, 1.807) is 47.4 Å². The number of benzene rings is 5. The van der Waals surface area contributed by atoms with Crippen LogP contribution in [0.25, 0.3) is 33.2 Å². The summed E-state index contributed by atoms with van der Waals surface area (Å²) in [6.07, 6.45) is 0. The number of phenolic OH excluding ortho intramolecular Hbond substituents is 2. The van der Waals surface area contributed by atoms with Gasteiger partial charge in [0.05, 0.1) is 16.7 Å². The van der Waals surface area contributed by atoms with E-state index in [0.717, 1.165) is 33.0 Å². The Bertz CT molecular complexity index is 2090. The van der Waals surface area contributed by atoms with Gasteiger partial charge in [-0.05, 0) is 90.2 Å². The predicted molar refractivity (Wildman–Crippen MR) is 173 cm³/mol. The highest BCUT2D eigenvalue weighted by Gasteiger charge is 2.35. The van der Waals surface area contributed by atoms with Gasteiger partial charge < -0.3 is 25.4 Å². The van der Waals surface area contributed by atoms with Crippen molar-refractivity contribution in [3.8, 4) is 22.9 Å². The van der Waals surface area contributed by atoms with E-state index in [4.69, 9.17) is 16.6 Å². The van der Waals surface area contributed by atoms with Crippen LogP contribution in [0.2, 0.25) is 0 Å². The molecule has 7 rings (SSSR count). The minimum absolute atomic E-state index is 0.0608. The number of amides is 2. The van der Waals surface area contributed by atoms with Crippen LogP contribution in [0.3, 0.4) is 0 Å². The molecular formula is C35H27ClN4O4. The fraction of sp³-hybridized carbons (Fsp3) is 0.114. The summed E-state index contributed by atoms with van der Waals surface area (Å²) in [5.41, 5.74) is 6.46. The Morgan fingerprint density at radius 3 is 2.48 bits per heavy atom. The lowest BCUT2D eigenvalue weighted by Gasteiger charge is -2.19. The topological polar surface area (TPSA) is 119 Å². The van der Waals surface area contributed by atoms with Crippen LogP contribution >= 0.6 is 11.6 Å². The molecule has 5 aromatic carbocycles. The smallest absolute Gasteiger partial charge is 0.258 e. The minimum atomic E-state index is -0.282. The first-order chi connectivity index (χ1) is 21.3. The zero-order valence-corrected chi connectivity index (χ0v) is 24.4. The minimum Gasteiger partial charge on any atom is -0.508 e.